The highest BCUT2D eigenvalue weighted by atomic mass is 16.4. The molecule has 2 N–H and O–H groups in total. The van der Waals surface area contributed by atoms with E-state index in [0.29, 0.717) is 12.2 Å². The molecule has 0 amide bonds. The first kappa shape index (κ1) is 21.4. The first-order chi connectivity index (χ1) is 12.1. The average molecular weight is 362 g/mol. The van der Waals surface area contributed by atoms with E-state index in [-0.39, 0.29) is 11.0 Å². The van der Waals surface area contributed by atoms with Gasteiger partial charge < -0.3 is 15.1 Å². The number of carboxylic acid groups (broad SMARTS) is 2. The molecule has 0 bridgehead atoms. The Hall–Kier alpha value is -2.67. The summed E-state index contributed by atoms with van der Waals surface area (Å²) in [4.78, 5) is 35.7. The summed E-state index contributed by atoms with van der Waals surface area (Å²) in [7, 11) is 0. The second-order valence-corrected chi connectivity index (χ2v) is 6.81. The summed E-state index contributed by atoms with van der Waals surface area (Å²) in [5.74, 6) is -2.51. The van der Waals surface area contributed by atoms with E-state index in [1.807, 2.05) is 18.2 Å². The van der Waals surface area contributed by atoms with Crippen LogP contribution in [0.4, 0.5) is 5.69 Å². The fourth-order valence-corrected chi connectivity index (χ4v) is 2.54. The number of aliphatic carboxylic acids is 2. The standard InChI is InChI=1S/C15H22N2O.C4H4O4/c1-15(2,3)17-11-9-16(10-12-17)13-7-5-4-6-8-14(13)18;5-3(6)1-2-4(7)8/h4-8H,9-12H2,1-3H3;1-2H,(H,5,6)(H,7,8)/b;2-1-. The van der Waals surface area contributed by atoms with E-state index in [1.54, 1.807) is 12.1 Å². The van der Waals surface area contributed by atoms with Gasteiger partial charge in [0.05, 0.1) is 5.69 Å². The van der Waals surface area contributed by atoms with E-state index in [9.17, 15) is 14.4 Å². The third-order valence-electron chi connectivity index (χ3n) is 3.91. The predicted octanol–water partition coefficient (Wildman–Crippen LogP) is 1.68. The smallest absolute Gasteiger partial charge is 0.328 e. The maximum atomic E-state index is 11.9. The molecular formula is C19H26N2O5. The molecule has 0 aromatic heterocycles. The minimum Gasteiger partial charge on any atom is -0.478 e. The van der Waals surface area contributed by atoms with Crippen molar-refractivity contribution in [3.8, 4) is 0 Å². The molecule has 1 saturated heterocycles. The van der Waals surface area contributed by atoms with Crippen molar-refractivity contribution in [2.45, 2.75) is 26.3 Å². The van der Waals surface area contributed by atoms with Gasteiger partial charge in [0.15, 0.2) is 0 Å². The van der Waals surface area contributed by atoms with Crippen LogP contribution >= 0.6 is 0 Å². The van der Waals surface area contributed by atoms with Gasteiger partial charge in [-0.25, -0.2) is 9.59 Å². The van der Waals surface area contributed by atoms with Crippen molar-refractivity contribution in [1.29, 1.82) is 0 Å². The zero-order valence-electron chi connectivity index (χ0n) is 15.4. The number of rotatable bonds is 3. The summed E-state index contributed by atoms with van der Waals surface area (Å²) in [5, 5.41) is 15.6. The van der Waals surface area contributed by atoms with Crippen molar-refractivity contribution < 1.29 is 19.8 Å². The first-order valence-corrected chi connectivity index (χ1v) is 8.34. The fourth-order valence-electron chi connectivity index (χ4n) is 2.54. The van der Waals surface area contributed by atoms with Crippen LogP contribution in [-0.4, -0.2) is 58.8 Å². The van der Waals surface area contributed by atoms with Gasteiger partial charge in [-0.3, -0.25) is 9.69 Å². The minimum absolute atomic E-state index is 0.115. The molecule has 26 heavy (non-hydrogen) atoms. The minimum atomic E-state index is -1.26. The summed E-state index contributed by atoms with van der Waals surface area (Å²) >= 11 is 0. The van der Waals surface area contributed by atoms with Crippen LogP contribution in [-0.2, 0) is 9.59 Å². The summed E-state index contributed by atoms with van der Waals surface area (Å²) in [6, 6.07) is 9.21. The summed E-state index contributed by atoms with van der Waals surface area (Å²) in [6.07, 6.45) is 1.12. The third kappa shape index (κ3) is 7.48. The molecule has 2 rings (SSSR count). The molecule has 0 unspecified atom stereocenters. The summed E-state index contributed by atoms with van der Waals surface area (Å²) < 4.78 is 0. The van der Waals surface area contributed by atoms with Crippen molar-refractivity contribution in [3.63, 3.8) is 0 Å². The van der Waals surface area contributed by atoms with Gasteiger partial charge in [-0.2, -0.15) is 0 Å². The molecule has 7 nitrogen and oxygen atoms in total. The van der Waals surface area contributed by atoms with E-state index >= 15 is 0 Å². The highest BCUT2D eigenvalue weighted by Crippen LogP contribution is 2.18. The molecular weight excluding hydrogens is 336 g/mol. The largest absolute Gasteiger partial charge is 0.478 e. The summed E-state index contributed by atoms with van der Waals surface area (Å²) in [5.41, 5.74) is 1.16. The van der Waals surface area contributed by atoms with E-state index < -0.39 is 11.9 Å². The Morgan fingerprint density at radius 2 is 1.42 bits per heavy atom. The molecule has 1 aromatic carbocycles. The number of hydrogen-bond donors (Lipinski definition) is 2. The number of carbonyl (C=O) groups is 2. The van der Waals surface area contributed by atoms with Crippen LogP contribution in [0, 0.1) is 0 Å². The number of carboxylic acids is 2. The van der Waals surface area contributed by atoms with Crippen molar-refractivity contribution in [2.75, 3.05) is 31.1 Å². The van der Waals surface area contributed by atoms with E-state index in [4.69, 9.17) is 10.2 Å². The normalized spacial score (nSPS) is 15.3. The van der Waals surface area contributed by atoms with Crippen molar-refractivity contribution in [3.05, 3.63) is 52.7 Å². The lowest BCUT2D eigenvalue weighted by atomic mass is 10.0. The zero-order valence-corrected chi connectivity index (χ0v) is 15.4. The third-order valence-corrected chi connectivity index (χ3v) is 3.91. The molecule has 1 aliphatic rings. The van der Waals surface area contributed by atoms with Gasteiger partial charge in [-0.05, 0) is 32.9 Å². The molecule has 0 atom stereocenters. The number of hydrogen-bond acceptors (Lipinski definition) is 5. The second-order valence-electron chi connectivity index (χ2n) is 6.81. The van der Waals surface area contributed by atoms with Gasteiger partial charge in [0.2, 0.25) is 5.43 Å². The molecule has 0 radical (unpaired) electrons. The van der Waals surface area contributed by atoms with Gasteiger partial charge in [0.1, 0.15) is 0 Å². The maximum absolute atomic E-state index is 11.9. The molecule has 142 valence electrons. The molecule has 7 heteroatoms. The SMILES string of the molecule is CC(C)(C)N1CCN(c2cccccc2=O)CC1.O=C(O)/C=C\C(=O)O. The first-order valence-electron chi connectivity index (χ1n) is 8.34. The predicted molar refractivity (Wildman–Crippen MR) is 101 cm³/mol. The van der Waals surface area contributed by atoms with Crippen molar-refractivity contribution in [1.82, 2.24) is 4.90 Å². The van der Waals surface area contributed by atoms with Crippen molar-refractivity contribution in [2.24, 2.45) is 0 Å². The van der Waals surface area contributed by atoms with Gasteiger partial charge in [0.25, 0.3) is 0 Å². The lowest BCUT2D eigenvalue weighted by Gasteiger charge is -2.42. The van der Waals surface area contributed by atoms with Crippen LogP contribution in [0.25, 0.3) is 0 Å². The Morgan fingerprint density at radius 3 is 1.88 bits per heavy atom. The Morgan fingerprint density at radius 1 is 0.923 bits per heavy atom. The lowest BCUT2D eigenvalue weighted by molar-refractivity contribution is -0.134. The van der Waals surface area contributed by atoms with E-state index in [2.05, 4.69) is 30.6 Å². The lowest BCUT2D eigenvalue weighted by Crippen LogP contribution is -2.54. The second kappa shape index (κ2) is 9.72. The Labute approximate surface area is 153 Å². The molecule has 0 aliphatic carbocycles. The molecule has 1 aliphatic heterocycles. The van der Waals surface area contributed by atoms with Gasteiger partial charge in [0, 0.05) is 43.9 Å². The monoisotopic (exact) mass is 362 g/mol. The molecule has 0 saturated carbocycles. The Kier molecular flexibility index (Phi) is 7.99. The Balaban J connectivity index is 0.000000359. The molecule has 1 fully saturated rings. The van der Waals surface area contributed by atoms with Crippen LogP contribution in [0.3, 0.4) is 0 Å². The highest BCUT2D eigenvalue weighted by Gasteiger charge is 2.26. The van der Waals surface area contributed by atoms with Crippen LogP contribution < -0.4 is 10.3 Å². The zero-order chi connectivity index (χ0) is 19.7. The number of anilines is 1. The summed E-state index contributed by atoms with van der Waals surface area (Å²) in [6.45, 7) is 10.6. The highest BCUT2D eigenvalue weighted by molar-refractivity contribution is 5.89. The number of nitrogens with zero attached hydrogens (tertiary/aromatic N) is 2. The maximum Gasteiger partial charge on any atom is 0.328 e. The molecule has 1 aromatic rings. The van der Waals surface area contributed by atoms with Crippen molar-refractivity contribution >= 4 is 17.6 Å². The fraction of sp³-hybridized carbons (Fsp3) is 0.421. The van der Waals surface area contributed by atoms with Crippen LogP contribution in [0.1, 0.15) is 20.8 Å². The van der Waals surface area contributed by atoms with Crippen LogP contribution in [0.2, 0.25) is 0 Å². The Bertz CT molecular complexity index is 685. The number of piperazine rings is 1. The van der Waals surface area contributed by atoms with E-state index in [0.717, 1.165) is 31.9 Å². The van der Waals surface area contributed by atoms with Gasteiger partial charge >= 0.3 is 11.9 Å². The molecule has 0 spiro atoms. The van der Waals surface area contributed by atoms with Gasteiger partial charge in [-0.15, -0.1) is 0 Å². The van der Waals surface area contributed by atoms with Crippen LogP contribution in [0.5, 0.6) is 0 Å². The van der Waals surface area contributed by atoms with E-state index in [1.165, 1.54) is 0 Å². The molecule has 1 heterocycles. The average Bonchev–Trinajstić information content (AvgIpc) is 2.77. The van der Waals surface area contributed by atoms with Crippen LogP contribution in [0.15, 0.2) is 47.3 Å². The quantitative estimate of drug-likeness (QED) is 0.789. The topological polar surface area (TPSA) is 98.2 Å². The van der Waals surface area contributed by atoms with Gasteiger partial charge in [-0.1, -0.05) is 18.2 Å².